The lowest BCUT2D eigenvalue weighted by Gasteiger charge is -2.45. The van der Waals surface area contributed by atoms with Crippen LogP contribution in [0.2, 0.25) is 0 Å². The first kappa shape index (κ1) is 22.4. The van der Waals surface area contributed by atoms with Crippen LogP contribution in [0.25, 0.3) is 0 Å². The van der Waals surface area contributed by atoms with Crippen LogP contribution in [0.15, 0.2) is 42.5 Å². The van der Waals surface area contributed by atoms with Crippen molar-refractivity contribution < 1.29 is 18.7 Å². The highest BCUT2D eigenvalue weighted by Crippen LogP contribution is 2.49. The fourth-order valence-electron chi connectivity index (χ4n) is 5.42. The predicted molar refractivity (Wildman–Crippen MR) is 122 cm³/mol. The van der Waals surface area contributed by atoms with E-state index in [9.17, 15) is 9.18 Å². The SMILES string of the molecule is COc1ccc([C@@]23CC[C@H](NC(=O)NCc4ccc(F)cc4)C[C@H]2N(C)CC3)cc1OC. The van der Waals surface area contributed by atoms with Crippen LogP contribution in [0, 0.1) is 5.82 Å². The number of ether oxygens (including phenoxy) is 2. The number of carbonyl (C=O) groups excluding carboxylic acids is 1. The second kappa shape index (κ2) is 9.36. The lowest BCUT2D eigenvalue weighted by atomic mass is 9.65. The molecule has 3 atom stereocenters. The molecule has 6 nitrogen and oxygen atoms in total. The van der Waals surface area contributed by atoms with Crippen LogP contribution in [0.5, 0.6) is 11.5 Å². The van der Waals surface area contributed by atoms with Gasteiger partial charge in [0.15, 0.2) is 11.5 Å². The molecule has 0 unspecified atom stereocenters. The predicted octanol–water partition coefficient (Wildman–Crippen LogP) is 3.84. The second-order valence-corrected chi connectivity index (χ2v) is 8.90. The van der Waals surface area contributed by atoms with Gasteiger partial charge in [0.05, 0.1) is 14.2 Å². The van der Waals surface area contributed by atoms with Crippen LogP contribution in [0.3, 0.4) is 0 Å². The molecule has 2 aromatic carbocycles. The van der Waals surface area contributed by atoms with Crippen LogP contribution in [-0.2, 0) is 12.0 Å². The van der Waals surface area contributed by atoms with Crippen molar-refractivity contribution in [2.75, 3.05) is 27.8 Å². The highest BCUT2D eigenvalue weighted by molar-refractivity contribution is 5.74. The average molecular weight is 442 g/mol. The summed E-state index contributed by atoms with van der Waals surface area (Å²) >= 11 is 0. The van der Waals surface area contributed by atoms with E-state index in [0.717, 1.165) is 49.3 Å². The van der Waals surface area contributed by atoms with Gasteiger partial charge in [-0.25, -0.2) is 9.18 Å². The van der Waals surface area contributed by atoms with Crippen LogP contribution in [0.4, 0.5) is 9.18 Å². The molecule has 2 aliphatic rings. The molecule has 0 aromatic heterocycles. The first-order valence-electron chi connectivity index (χ1n) is 11.2. The van der Waals surface area contributed by atoms with Gasteiger partial charge in [-0.05, 0) is 74.7 Å². The summed E-state index contributed by atoms with van der Waals surface area (Å²) in [5, 5.41) is 6.04. The smallest absolute Gasteiger partial charge is 0.315 e. The van der Waals surface area contributed by atoms with Crippen LogP contribution in [0.1, 0.15) is 36.8 Å². The first-order valence-corrected chi connectivity index (χ1v) is 11.2. The average Bonchev–Trinajstić information content (AvgIpc) is 3.15. The number of urea groups is 1. The highest BCUT2D eigenvalue weighted by Gasteiger charge is 2.50. The van der Waals surface area contributed by atoms with Gasteiger partial charge >= 0.3 is 6.03 Å². The molecule has 0 bridgehead atoms. The Hall–Kier alpha value is -2.80. The quantitative estimate of drug-likeness (QED) is 0.715. The Morgan fingerprint density at radius 2 is 1.88 bits per heavy atom. The van der Waals surface area contributed by atoms with Gasteiger partial charge < -0.3 is 25.0 Å². The largest absolute Gasteiger partial charge is 0.493 e. The van der Waals surface area contributed by atoms with E-state index < -0.39 is 0 Å². The number of hydrogen-bond donors (Lipinski definition) is 2. The van der Waals surface area contributed by atoms with Gasteiger partial charge in [-0.2, -0.15) is 0 Å². The molecule has 2 amide bonds. The lowest BCUT2D eigenvalue weighted by molar-refractivity contribution is 0.154. The molecule has 1 aliphatic carbocycles. The minimum atomic E-state index is -0.279. The Morgan fingerprint density at radius 1 is 1.12 bits per heavy atom. The standard InChI is InChI=1S/C25H32FN3O3/c1-29-13-12-25(18-6-9-21(31-2)22(14-18)32-3)11-10-20(15-23(25)29)28-24(30)27-16-17-4-7-19(26)8-5-17/h4-9,14,20,23H,10-13,15-16H2,1-3H3,(H2,27,28,30)/t20-,23+,25-/m0/s1. The van der Waals surface area contributed by atoms with Gasteiger partial charge in [-0.15, -0.1) is 0 Å². The van der Waals surface area contributed by atoms with E-state index in [1.54, 1.807) is 26.4 Å². The summed E-state index contributed by atoms with van der Waals surface area (Å²) < 4.78 is 24.0. The second-order valence-electron chi connectivity index (χ2n) is 8.90. The maximum absolute atomic E-state index is 13.1. The number of likely N-dealkylation sites (tertiary alicyclic amines) is 1. The molecule has 2 aromatic rings. The van der Waals surface area contributed by atoms with Crippen LogP contribution < -0.4 is 20.1 Å². The molecule has 0 spiro atoms. The number of rotatable bonds is 6. The molecule has 32 heavy (non-hydrogen) atoms. The van der Waals surface area contributed by atoms with E-state index in [-0.39, 0.29) is 23.3 Å². The van der Waals surface area contributed by atoms with Gasteiger partial charge in [0.1, 0.15) is 5.82 Å². The molecule has 172 valence electrons. The van der Waals surface area contributed by atoms with Crippen molar-refractivity contribution in [1.82, 2.24) is 15.5 Å². The topological polar surface area (TPSA) is 62.8 Å². The van der Waals surface area contributed by atoms with E-state index >= 15 is 0 Å². The zero-order valence-corrected chi connectivity index (χ0v) is 19.0. The molecule has 0 radical (unpaired) electrons. The number of carbonyl (C=O) groups is 1. The van der Waals surface area contributed by atoms with E-state index in [0.29, 0.717) is 12.6 Å². The molecule has 2 fully saturated rings. The highest BCUT2D eigenvalue weighted by atomic mass is 19.1. The summed E-state index contributed by atoms with van der Waals surface area (Å²) in [7, 11) is 5.49. The number of amides is 2. The molecule has 4 rings (SSSR count). The minimum absolute atomic E-state index is 0.0526. The van der Waals surface area contributed by atoms with Crippen molar-refractivity contribution in [3.63, 3.8) is 0 Å². The van der Waals surface area contributed by atoms with E-state index in [1.165, 1.54) is 17.7 Å². The van der Waals surface area contributed by atoms with Crippen molar-refractivity contribution in [3.8, 4) is 11.5 Å². The number of benzene rings is 2. The van der Waals surface area contributed by atoms with Gasteiger partial charge in [0.2, 0.25) is 0 Å². The Kier molecular flexibility index (Phi) is 6.55. The lowest BCUT2D eigenvalue weighted by Crippen LogP contribution is -2.53. The van der Waals surface area contributed by atoms with Gasteiger partial charge in [-0.3, -0.25) is 0 Å². The van der Waals surface area contributed by atoms with Crippen molar-refractivity contribution in [2.24, 2.45) is 0 Å². The molecular formula is C25H32FN3O3. The minimum Gasteiger partial charge on any atom is -0.493 e. The normalized spacial score (nSPS) is 25.1. The molecule has 2 N–H and O–H groups in total. The van der Waals surface area contributed by atoms with Crippen LogP contribution >= 0.6 is 0 Å². The monoisotopic (exact) mass is 441 g/mol. The summed E-state index contributed by atoms with van der Waals surface area (Å²) in [6.45, 7) is 1.40. The summed E-state index contributed by atoms with van der Waals surface area (Å²) in [6.07, 6.45) is 3.91. The fraction of sp³-hybridized carbons (Fsp3) is 0.480. The first-order chi connectivity index (χ1) is 15.4. The Balaban J connectivity index is 1.42. The van der Waals surface area contributed by atoms with Crippen LogP contribution in [-0.4, -0.2) is 50.8 Å². The van der Waals surface area contributed by atoms with Crippen molar-refractivity contribution in [1.29, 1.82) is 0 Å². The summed E-state index contributed by atoms with van der Waals surface area (Å²) in [6, 6.07) is 12.7. The molecule has 1 saturated carbocycles. The van der Waals surface area contributed by atoms with Crippen molar-refractivity contribution in [3.05, 3.63) is 59.4 Å². The summed E-state index contributed by atoms with van der Waals surface area (Å²) in [4.78, 5) is 14.9. The zero-order chi connectivity index (χ0) is 22.7. The Bertz CT molecular complexity index is 952. The summed E-state index contributed by atoms with van der Waals surface area (Å²) in [5.41, 5.74) is 2.20. The number of hydrogen-bond acceptors (Lipinski definition) is 4. The summed E-state index contributed by atoms with van der Waals surface area (Å²) in [5.74, 6) is 1.22. The van der Waals surface area contributed by atoms with Crippen molar-refractivity contribution >= 4 is 6.03 Å². The van der Waals surface area contributed by atoms with Gasteiger partial charge in [0, 0.05) is 24.0 Å². The number of nitrogens with one attached hydrogen (secondary N) is 2. The maximum Gasteiger partial charge on any atom is 0.315 e. The number of likely N-dealkylation sites (N-methyl/N-ethyl adjacent to an activating group) is 1. The number of fused-ring (bicyclic) bond motifs is 1. The zero-order valence-electron chi connectivity index (χ0n) is 19.0. The fourth-order valence-corrected chi connectivity index (χ4v) is 5.42. The molecule has 1 heterocycles. The number of halogens is 1. The molecule has 1 aliphatic heterocycles. The van der Waals surface area contributed by atoms with Gasteiger partial charge in [0.25, 0.3) is 0 Å². The van der Waals surface area contributed by atoms with Crippen molar-refractivity contribution in [2.45, 2.75) is 49.7 Å². The third-order valence-corrected chi connectivity index (χ3v) is 7.19. The van der Waals surface area contributed by atoms with E-state index in [2.05, 4.69) is 34.7 Å². The maximum atomic E-state index is 13.1. The third-order valence-electron chi connectivity index (χ3n) is 7.19. The van der Waals surface area contributed by atoms with Gasteiger partial charge in [-0.1, -0.05) is 18.2 Å². The Morgan fingerprint density at radius 3 is 2.59 bits per heavy atom. The third kappa shape index (κ3) is 4.39. The molecule has 7 heteroatoms. The molecular weight excluding hydrogens is 409 g/mol. The number of nitrogens with zero attached hydrogens (tertiary/aromatic N) is 1. The number of methoxy groups -OCH3 is 2. The van der Waals surface area contributed by atoms with E-state index in [4.69, 9.17) is 9.47 Å². The van der Waals surface area contributed by atoms with E-state index in [1.807, 2.05) is 6.07 Å². The molecule has 1 saturated heterocycles. The Labute approximate surface area is 189 Å².